The first-order valence-electron chi connectivity index (χ1n) is 14.3. The molecule has 5 heteroatoms. The second-order valence-electron chi connectivity index (χ2n) is 10.2. The first kappa shape index (κ1) is 30.7. The second kappa shape index (κ2) is 22.2. The molecule has 0 bridgehead atoms. The van der Waals surface area contributed by atoms with Gasteiger partial charge in [-0.05, 0) is 40.0 Å². The summed E-state index contributed by atoms with van der Waals surface area (Å²) in [6.45, 7) is 5.65. The minimum Gasteiger partial charge on any atom is -0.488 e. The quantitative estimate of drug-likeness (QED) is 0.163. The Morgan fingerprint density at radius 3 is 1.85 bits per heavy atom. The van der Waals surface area contributed by atoms with E-state index in [-0.39, 0.29) is 5.43 Å². The molecule has 0 aliphatic rings. The van der Waals surface area contributed by atoms with Gasteiger partial charge >= 0.3 is 0 Å². The Morgan fingerprint density at radius 1 is 0.794 bits per heavy atom. The maximum atomic E-state index is 12.1. The first-order chi connectivity index (χ1) is 16.6. The fraction of sp³-hybridized carbons (Fsp3) is 0.828. The molecule has 34 heavy (non-hydrogen) atoms. The van der Waals surface area contributed by atoms with Gasteiger partial charge in [0.1, 0.15) is 0 Å². The van der Waals surface area contributed by atoms with Crippen molar-refractivity contribution >= 4 is 0 Å². The van der Waals surface area contributed by atoms with Crippen molar-refractivity contribution in [2.75, 3.05) is 33.8 Å². The van der Waals surface area contributed by atoms with E-state index < -0.39 is 0 Å². The number of ether oxygens (including phenoxy) is 1. The molecule has 0 aliphatic heterocycles. The van der Waals surface area contributed by atoms with Crippen LogP contribution < -0.4 is 15.5 Å². The second-order valence-corrected chi connectivity index (χ2v) is 10.2. The number of aromatic nitrogens is 1. The number of rotatable bonds is 24. The summed E-state index contributed by atoms with van der Waals surface area (Å²) in [5, 5.41) is 3.41. The number of nitrogens with zero attached hydrogens (tertiary/aromatic N) is 2. The van der Waals surface area contributed by atoms with E-state index in [0.29, 0.717) is 19.0 Å². The van der Waals surface area contributed by atoms with E-state index in [4.69, 9.17) is 4.74 Å². The zero-order valence-electron chi connectivity index (χ0n) is 22.8. The van der Waals surface area contributed by atoms with E-state index in [1.807, 2.05) is 17.0 Å². The van der Waals surface area contributed by atoms with Crippen LogP contribution in [0.25, 0.3) is 0 Å². The molecule has 0 radical (unpaired) electrons. The molecule has 0 saturated carbocycles. The summed E-state index contributed by atoms with van der Waals surface area (Å²) in [6.07, 6.45) is 26.5. The van der Waals surface area contributed by atoms with Gasteiger partial charge < -0.3 is 14.2 Å². The fourth-order valence-corrected chi connectivity index (χ4v) is 4.27. The van der Waals surface area contributed by atoms with E-state index in [1.165, 1.54) is 96.3 Å². The van der Waals surface area contributed by atoms with Gasteiger partial charge in [-0.15, -0.1) is 0 Å². The zero-order valence-corrected chi connectivity index (χ0v) is 22.8. The predicted octanol–water partition coefficient (Wildman–Crippen LogP) is 6.99. The van der Waals surface area contributed by atoms with Crippen LogP contribution in [0.1, 0.15) is 116 Å². The summed E-state index contributed by atoms with van der Waals surface area (Å²) < 4.78 is 7.77. The van der Waals surface area contributed by atoms with Crippen LogP contribution in [0.15, 0.2) is 23.3 Å². The molecule has 0 spiro atoms. The van der Waals surface area contributed by atoms with E-state index in [2.05, 4.69) is 31.2 Å². The fourth-order valence-electron chi connectivity index (χ4n) is 4.27. The number of hydrogen-bond donors (Lipinski definition) is 1. The SMILES string of the molecule is CCCCCCCCCCCCCCCCCCOc1cn(CNCCCN(C)C)ccc1=O. The van der Waals surface area contributed by atoms with Gasteiger partial charge in [-0.1, -0.05) is 103 Å². The van der Waals surface area contributed by atoms with Crippen molar-refractivity contribution in [3.05, 3.63) is 28.7 Å². The number of nitrogens with one attached hydrogen (secondary N) is 1. The van der Waals surface area contributed by atoms with E-state index in [9.17, 15) is 4.79 Å². The van der Waals surface area contributed by atoms with Crippen LogP contribution in [0.5, 0.6) is 5.75 Å². The van der Waals surface area contributed by atoms with Gasteiger partial charge in [-0.25, -0.2) is 0 Å². The lowest BCUT2D eigenvalue weighted by Crippen LogP contribution is -2.24. The summed E-state index contributed by atoms with van der Waals surface area (Å²) in [7, 11) is 4.18. The maximum Gasteiger partial charge on any atom is 0.223 e. The summed E-state index contributed by atoms with van der Waals surface area (Å²) >= 11 is 0. The van der Waals surface area contributed by atoms with E-state index in [1.54, 1.807) is 6.07 Å². The molecule has 1 rings (SSSR count). The van der Waals surface area contributed by atoms with Crippen molar-refractivity contribution in [2.24, 2.45) is 0 Å². The van der Waals surface area contributed by atoms with Gasteiger partial charge in [-0.3, -0.25) is 10.1 Å². The Hall–Kier alpha value is -1.33. The smallest absolute Gasteiger partial charge is 0.223 e. The molecule has 0 aliphatic carbocycles. The molecule has 0 atom stereocenters. The zero-order chi connectivity index (χ0) is 24.7. The Kier molecular flexibility index (Phi) is 20.0. The van der Waals surface area contributed by atoms with Gasteiger partial charge in [0.25, 0.3) is 0 Å². The van der Waals surface area contributed by atoms with Crippen LogP contribution >= 0.6 is 0 Å². The normalized spacial score (nSPS) is 11.4. The summed E-state index contributed by atoms with van der Waals surface area (Å²) in [4.78, 5) is 14.2. The minimum absolute atomic E-state index is 0.0275. The van der Waals surface area contributed by atoms with Gasteiger partial charge in [-0.2, -0.15) is 0 Å². The number of pyridine rings is 1. The van der Waals surface area contributed by atoms with Crippen molar-refractivity contribution in [1.82, 2.24) is 14.8 Å². The highest BCUT2D eigenvalue weighted by atomic mass is 16.5. The highest BCUT2D eigenvalue weighted by Crippen LogP contribution is 2.14. The van der Waals surface area contributed by atoms with Gasteiger partial charge in [0, 0.05) is 12.3 Å². The molecule has 1 N–H and O–H groups in total. The van der Waals surface area contributed by atoms with Crippen LogP contribution in [0.4, 0.5) is 0 Å². The van der Waals surface area contributed by atoms with Crippen LogP contribution in [0.2, 0.25) is 0 Å². The standard InChI is InChI=1S/C29H55N3O2/c1-4-5-6-7-8-9-10-11-12-13-14-15-16-17-18-19-25-34-29-26-32(24-21-28(29)33)27-30-22-20-23-31(2)3/h21,24,26,30H,4-20,22-23,25,27H2,1-3H3. The first-order valence-corrected chi connectivity index (χ1v) is 14.3. The molecule has 0 fully saturated rings. The molecular formula is C29H55N3O2. The summed E-state index contributed by atoms with van der Waals surface area (Å²) in [5.74, 6) is 0.471. The van der Waals surface area contributed by atoms with Gasteiger partial charge in [0.2, 0.25) is 5.43 Å². The molecule has 0 saturated heterocycles. The lowest BCUT2D eigenvalue weighted by Gasteiger charge is -2.12. The largest absolute Gasteiger partial charge is 0.488 e. The monoisotopic (exact) mass is 477 g/mol. The molecular weight excluding hydrogens is 422 g/mol. The Bertz CT molecular complexity index is 630. The average Bonchev–Trinajstić information content (AvgIpc) is 2.82. The third-order valence-electron chi connectivity index (χ3n) is 6.45. The molecule has 5 nitrogen and oxygen atoms in total. The third kappa shape index (κ3) is 18.1. The lowest BCUT2D eigenvalue weighted by atomic mass is 10.0. The minimum atomic E-state index is -0.0275. The number of hydrogen-bond acceptors (Lipinski definition) is 4. The Balaban J connectivity index is 1.95. The Morgan fingerprint density at radius 2 is 1.32 bits per heavy atom. The average molecular weight is 478 g/mol. The van der Waals surface area contributed by atoms with Crippen molar-refractivity contribution < 1.29 is 4.74 Å². The van der Waals surface area contributed by atoms with Crippen molar-refractivity contribution in [2.45, 2.75) is 123 Å². The van der Waals surface area contributed by atoms with Crippen LogP contribution in [0, 0.1) is 0 Å². The maximum absolute atomic E-state index is 12.1. The molecule has 1 aromatic rings. The highest BCUT2D eigenvalue weighted by Gasteiger charge is 2.02. The predicted molar refractivity (Wildman–Crippen MR) is 147 cm³/mol. The topological polar surface area (TPSA) is 46.5 Å². The molecule has 0 aromatic carbocycles. The Labute approximate surface area is 210 Å². The van der Waals surface area contributed by atoms with Crippen LogP contribution in [-0.4, -0.2) is 43.3 Å². The molecule has 0 amide bonds. The van der Waals surface area contributed by atoms with E-state index in [0.717, 1.165) is 25.9 Å². The van der Waals surface area contributed by atoms with E-state index >= 15 is 0 Å². The van der Waals surface area contributed by atoms with Crippen molar-refractivity contribution in [3.63, 3.8) is 0 Å². The van der Waals surface area contributed by atoms with Crippen molar-refractivity contribution in [1.29, 1.82) is 0 Å². The van der Waals surface area contributed by atoms with Crippen molar-refractivity contribution in [3.8, 4) is 5.75 Å². The van der Waals surface area contributed by atoms with Gasteiger partial charge in [0.05, 0.1) is 19.5 Å². The molecule has 1 aromatic heterocycles. The third-order valence-corrected chi connectivity index (χ3v) is 6.45. The van der Waals surface area contributed by atoms with Gasteiger partial charge in [0.15, 0.2) is 5.75 Å². The summed E-state index contributed by atoms with van der Waals surface area (Å²) in [6, 6.07) is 1.60. The lowest BCUT2D eigenvalue weighted by molar-refractivity contribution is 0.298. The summed E-state index contributed by atoms with van der Waals surface area (Å²) in [5.41, 5.74) is -0.0275. The molecule has 1 heterocycles. The highest BCUT2D eigenvalue weighted by molar-refractivity contribution is 5.17. The van der Waals surface area contributed by atoms with Crippen LogP contribution in [0.3, 0.4) is 0 Å². The number of unbranched alkanes of at least 4 members (excludes halogenated alkanes) is 15. The molecule has 198 valence electrons. The molecule has 0 unspecified atom stereocenters. The van der Waals surface area contributed by atoms with Crippen LogP contribution in [-0.2, 0) is 6.67 Å².